The highest BCUT2D eigenvalue weighted by Gasteiger charge is 2.18. The van der Waals surface area contributed by atoms with Gasteiger partial charge in [0.25, 0.3) is 0 Å². The Morgan fingerprint density at radius 3 is 2.94 bits per heavy atom. The van der Waals surface area contributed by atoms with E-state index in [4.69, 9.17) is 5.26 Å². The molecule has 2 heterocycles. The van der Waals surface area contributed by atoms with Crippen molar-refractivity contribution in [2.45, 2.75) is 18.9 Å². The van der Waals surface area contributed by atoms with Crippen LogP contribution in [0.3, 0.4) is 0 Å². The van der Waals surface area contributed by atoms with E-state index in [9.17, 15) is 0 Å². The van der Waals surface area contributed by atoms with Crippen LogP contribution in [0.4, 0.5) is 5.82 Å². The molecule has 1 fully saturated rings. The summed E-state index contributed by atoms with van der Waals surface area (Å²) in [6.45, 7) is 2.08. The molecule has 1 aliphatic rings. The van der Waals surface area contributed by atoms with Crippen molar-refractivity contribution >= 4 is 5.82 Å². The van der Waals surface area contributed by atoms with E-state index in [2.05, 4.69) is 20.2 Å². The summed E-state index contributed by atoms with van der Waals surface area (Å²) in [6.07, 6.45) is 5.54. The number of nitrogens with one attached hydrogen (secondary N) is 1. The third-order valence-electron chi connectivity index (χ3n) is 2.93. The van der Waals surface area contributed by atoms with Gasteiger partial charge in [0.05, 0.1) is 12.4 Å². The number of nitrogens with zero attached hydrogens (tertiary/aromatic N) is 4. The summed E-state index contributed by atoms with van der Waals surface area (Å²) in [7, 11) is 2.02. The van der Waals surface area contributed by atoms with Crippen LogP contribution < -0.4 is 10.2 Å². The molecule has 5 heteroatoms. The van der Waals surface area contributed by atoms with Gasteiger partial charge in [0, 0.05) is 19.6 Å². The summed E-state index contributed by atoms with van der Waals surface area (Å²) in [5.41, 5.74) is 0.360. The first kappa shape index (κ1) is 10.8. The Hall–Kier alpha value is -1.67. The maximum Gasteiger partial charge on any atom is 0.158 e. The Kier molecular flexibility index (Phi) is 3.32. The van der Waals surface area contributed by atoms with Crippen LogP contribution in [-0.2, 0) is 0 Å². The van der Waals surface area contributed by atoms with Gasteiger partial charge in [0.2, 0.25) is 0 Å². The first-order valence-corrected chi connectivity index (χ1v) is 5.47. The molecule has 0 saturated carbocycles. The quantitative estimate of drug-likeness (QED) is 0.783. The zero-order chi connectivity index (χ0) is 11.4. The van der Waals surface area contributed by atoms with Gasteiger partial charge < -0.3 is 10.2 Å². The average Bonchev–Trinajstić information content (AvgIpc) is 2.39. The Labute approximate surface area is 95.1 Å². The van der Waals surface area contributed by atoms with Crippen LogP contribution in [0.15, 0.2) is 12.4 Å². The fourth-order valence-electron chi connectivity index (χ4n) is 1.91. The molecule has 84 valence electrons. The maximum atomic E-state index is 8.64. The van der Waals surface area contributed by atoms with Crippen molar-refractivity contribution < 1.29 is 0 Å². The topological polar surface area (TPSA) is 64.8 Å². The van der Waals surface area contributed by atoms with Crippen molar-refractivity contribution in [1.82, 2.24) is 15.3 Å². The molecule has 1 aromatic rings. The molecule has 0 aromatic carbocycles. The Morgan fingerprint density at radius 2 is 2.38 bits per heavy atom. The molecular formula is C11H15N5. The maximum absolute atomic E-state index is 8.64. The van der Waals surface area contributed by atoms with Gasteiger partial charge >= 0.3 is 0 Å². The molecule has 0 radical (unpaired) electrons. The average molecular weight is 217 g/mol. The van der Waals surface area contributed by atoms with Crippen molar-refractivity contribution in [3.8, 4) is 6.07 Å². The van der Waals surface area contributed by atoms with Crippen LogP contribution in [0.25, 0.3) is 0 Å². The number of nitriles is 1. The van der Waals surface area contributed by atoms with Gasteiger partial charge in [-0.25, -0.2) is 9.97 Å². The summed E-state index contributed by atoms with van der Waals surface area (Å²) in [4.78, 5) is 10.4. The van der Waals surface area contributed by atoms with Crippen LogP contribution in [0.5, 0.6) is 0 Å². The van der Waals surface area contributed by atoms with Crippen LogP contribution >= 0.6 is 0 Å². The molecule has 2 rings (SSSR count). The molecule has 0 aliphatic carbocycles. The fraction of sp³-hybridized carbons (Fsp3) is 0.545. The number of hydrogen-bond donors (Lipinski definition) is 1. The number of hydrogen-bond acceptors (Lipinski definition) is 5. The lowest BCUT2D eigenvalue weighted by atomic mass is 10.1. The van der Waals surface area contributed by atoms with Crippen molar-refractivity contribution in [1.29, 1.82) is 5.26 Å². The van der Waals surface area contributed by atoms with Gasteiger partial charge in [-0.3, -0.25) is 0 Å². The Bertz CT molecular complexity index is 374. The van der Waals surface area contributed by atoms with Gasteiger partial charge in [-0.15, -0.1) is 0 Å². The summed E-state index contributed by atoms with van der Waals surface area (Å²) < 4.78 is 0. The van der Waals surface area contributed by atoms with E-state index in [1.165, 1.54) is 19.0 Å². The normalized spacial score (nSPS) is 20.1. The largest absolute Gasteiger partial charge is 0.354 e. The van der Waals surface area contributed by atoms with Gasteiger partial charge in [0.1, 0.15) is 11.9 Å². The van der Waals surface area contributed by atoms with E-state index in [0.29, 0.717) is 11.7 Å². The van der Waals surface area contributed by atoms with Gasteiger partial charge in [0.15, 0.2) is 5.69 Å². The first-order valence-electron chi connectivity index (χ1n) is 5.47. The summed E-state index contributed by atoms with van der Waals surface area (Å²) in [5.74, 6) is 0.827. The molecular weight excluding hydrogens is 202 g/mol. The van der Waals surface area contributed by atoms with Gasteiger partial charge in [-0.1, -0.05) is 0 Å². The van der Waals surface area contributed by atoms with Crippen LogP contribution in [0.2, 0.25) is 0 Å². The van der Waals surface area contributed by atoms with E-state index >= 15 is 0 Å². The number of likely N-dealkylation sites (N-methyl/N-ethyl adjacent to an activating group) is 1. The minimum absolute atomic E-state index is 0.360. The van der Waals surface area contributed by atoms with Crippen molar-refractivity contribution in [3.05, 3.63) is 18.1 Å². The Morgan fingerprint density at radius 1 is 1.50 bits per heavy atom. The number of anilines is 1. The van der Waals surface area contributed by atoms with Gasteiger partial charge in [-0.05, 0) is 19.4 Å². The molecule has 1 aromatic heterocycles. The monoisotopic (exact) mass is 217 g/mol. The van der Waals surface area contributed by atoms with Crippen LogP contribution in [0.1, 0.15) is 18.5 Å². The molecule has 0 spiro atoms. The van der Waals surface area contributed by atoms with E-state index in [1.807, 2.05) is 13.1 Å². The highest BCUT2D eigenvalue weighted by Crippen LogP contribution is 2.15. The lowest BCUT2D eigenvalue weighted by molar-refractivity contribution is 0.443. The predicted molar refractivity (Wildman–Crippen MR) is 61.0 cm³/mol. The highest BCUT2D eigenvalue weighted by molar-refractivity contribution is 5.37. The van der Waals surface area contributed by atoms with Crippen molar-refractivity contribution in [2.75, 3.05) is 25.0 Å². The van der Waals surface area contributed by atoms with Gasteiger partial charge in [-0.2, -0.15) is 5.26 Å². The standard InChI is InChI=1S/C11H15N5/c1-16(10-3-2-4-13-7-10)11-8-14-9(5-12)6-15-11/h6,8,10,13H,2-4,7H2,1H3. The second-order valence-corrected chi connectivity index (χ2v) is 3.98. The molecule has 5 nitrogen and oxygen atoms in total. The Balaban J connectivity index is 2.07. The molecule has 0 bridgehead atoms. The van der Waals surface area contributed by atoms with E-state index in [-0.39, 0.29) is 0 Å². The predicted octanol–water partition coefficient (Wildman–Crippen LogP) is 0.536. The summed E-state index contributed by atoms with van der Waals surface area (Å²) >= 11 is 0. The molecule has 1 unspecified atom stereocenters. The minimum Gasteiger partial charge on any atom is -0.354 e. The lowest BCUT2D eigenvalue weighted by Crippen LogP contribution is -2.44. The molecule has 1 saturated heterocycles. The number of piperidine rings is 1. The summed E-state index contributed by atoms with van der Waals surface area (Å²) in [5, 5.41) is 12.0. The first-order chi connectivity index (χ1) is 7.81. The number of aromatic nitrogens is 2. The highest BCUT2D eigenvalue weighted by atomic mass is 15.2. The van der Waals surface area contributed by atoms with E-state index in [1.54, 1.807) is 6.20 Å². The smallest absolute Gasteiger partial charge is 0.158 e. The molecule has 0 amide bonds. The van der Waals surface area contributed by atoms with Crippen molar-refractivity contribution in [2.24, 2.45) is 0 Å². The van der Waals surface area contributed by atoms with E-state index in [0.717, 1.165) is 18.9 Å². The molecule has 1 N–H and O–H groups in total. The second kappa shape index (κ2) is 4.90. The fourth-order valence-corrected chi connectivity index (χ4v) is 1.91. The van der Waals surface area contributed by atoms with Crippen LogP contribution in [-0.4, -0.2) is 36.1 Å². The second-order valence-electron chi connectivity index (χ2n) is 3.98. The lowest BCUT2D eigenvalue weighted by Gasteiger charge is -2.32. The minimum atomic E-state index is 0.360. The zero-order valence-electron chi connectivity index (χ0n) is 9.35. The SMILES string of the molecule is CN(c1cnc(C#N)cn1)C1CCCNC1. The third-order valence-corrected chi connectivity index (χ3v) is 2.93. The zero-order valence-corrected chi connectivity index (χ0v) is 9.35. The van der Waals surface area contributed by atoms with Crippen molar-refractivity contribution in [3.63, 3.8) is 0 Å². The van der Waals surface area contributed by atoms with E-state index < -0.39 is 0 Å². The third kappa shape index (κ3) is 2.28. The van der Waals surface area contributed by atoms with Crippen LogP contribution in [0, 0.1) is 11.3 Å². The number of rotatable bonds is 2. The summed E-state index contributed by atoms with van der Waals surface area (Å²) in [6, 6.07) is 2.44. The molecule has 1 aliphatic heterocycles. The molecule has 1 atom stereocenters. The molecule has 16 heavy (non-hydrogen) atoms.